The Labute approximate surface area is 91.6 Å². The lowest BCUT2D eigenvalue weighted by atomic mass is 10.2. The quantitative estimate of drug-likeness (QED) is 0.587. The van der Waals surface area contributed by atoms with Crippen LogP contribution in [0.1, 0.15) is 18.9 Å². The van der Waals surface area contributed by atoms with Crippen LogP contribution in [0.15, 0.2) is 24.3 Å². The maximum Gasteiger partial charge on any atom is 0.0713 e. The molecule has 0 aliphatic heterocycles. The Bertz CT molecular complexity index is 349. The van der Waals surface area contributed by atoms with Gasteiger partial charge in [-0.15, -0.1) is 11.8 Å². The van der Waals surface area contributed by atoms with Gasteiger partial charge in [0.2, 0.25) is 0 Å². The SMILES string of the molecule is CC#CCCNc1cccc(COC)c1. The van der Waals surface area contributed by atoms with E-state index in [4.69, 9.17) is 4.74 Å². The molecular weight excluding hydrogens is 186 g/mol. The first-order valence-corrected chi connectivity index (χ1v) is 5.08. The largest absolute Gasteiger partial charge is 0.384 e. The summed E-state index contributed by atoms with van der Waals surface area (Å²) in [6, 6.07) is 8.24. The Morgan fingerprint density at radius 3 is 3.00 bits per heavy atom. The molecule has 0 saturated heterocycles. The Kier molecular flexibility index (Phi) is 5.35. The zero-order valence-corrected chi connectivity index (χ0v) is 9.34. The molecule has 2 nitrogen and oxygen atoms in total. The zero-order chi connectivity index (χ0) is 10.9. The second-order valence-corrected chi connectivity index (χ2v) is 3.24. The fourth-order valence-corrected chi connectivity index (χ4v) is 1.33. The standard InChI is InChI=1S/C13H17NO/c1-3-4-5-9-14-13-8-6-7-12(10-13)11-15-2/h6-8,10,14H,5,9,11H2,1-2H3. The van der Waals surface area contributed by atoms with Crippen molar-refractivity contribution in [3.8, 4) is 11.8 Å². The average Bonchev–Trinajstić information content (AvgIpc) is 2.26. The topological polar surface area (TPSA) is 21.3 Å². The molecule has 0 aliphatic rings. The van der Waals surface area contributed by atoms with Gasteiger partial charge >= 0.3 is 0 Å². The van der Waals surface area contributed by atoms with Crippen molar-refractivity contribution in [2.45, 2.75) is 20.0 Å². The number of nitrogens with one attached hydrogen (secondary N) is 1. The van der Waals surface area contributed by atoms with E-state index in [0.717, 1.165) is 18.7 Å². The Balaban J connectivity index is 2.45. The van der Waals surface area contributed by atoms with Crippen LogP contribution in [0.2, 0.25) is 0 Å². The predicted molar refractivity (Wildman–Crippen MR) is 63.7 cm³/mol. The van der Waals surface area contributed by atoms with Crippen molar-refractivity contribution in [2.75, 3.05) is 19.0 Å². The smallest absolute Gasteiger partial charge is 0.0713 e. The van der Waals surface area contributed by atoms with Crippen molar-refractivity contribution in [1.82, 2.24) is 0 Å². The predicted octanol–water partition coefficient (Wildman–Crippen LogP) is 2.66. The molecular formula is C13H17NO. The first-order chi connectivity index (χ1) is 7.36. The molecule has 0 atom stereocenters. The molecule has 0 amide bonds. The summed E-state index contributed by atoms with van der Waals surface area (Å²) in [6.07, 6.45) is 0.880. The summed E-state index contributed by atoms with van der Waals surface area (Å²) in [7, 11) is 1.71. The van der Waals surface area contributed by atoms with Crippen LogP contribution in [-0.2, 0) is 11.3 Å². The molecule has 0 spiro atoms. The van der Waals surface area contributed by atoms with E-state index in [0.29, 0.717) is 6.61 Å². The van der Waals surface area contributed by atoms with Crippen molar-refractivity contribution < 1.29 is 4.74 Å². The van der Waals surface area contributed by atoms with Crippen LogP contribution in [0, 0.1) is 11.8 Å². The Morgan fingerprint density at radius 2 is 2.27 bits per heavy atom. The summed E-state index contributed by atoms with van der Waals surface area (Å²) < 4.78 is 5.08. The molecule has 80 valence electrons. The van der Waals surface area contributed by atoms with Crippen LogP contribution in [-0.4, -0.2) is 13.7 Å². The van der Waals surface area contributed by atoms with Gasteiger partial charge in [0.15, 0.2) is 0 Å². The molecule has 15 heavy (non-hydrogen) atoms. The number of methoxy groups -OCH3 is 1. The first kappa shape index (κ1) is 11.6. The van der Waals surface area contributed by atoms with Crippen LogP contribution < -0.4 is 5.32 Å². The zero-order valence-electron chi connectivity index (χ0n) is 9.34. The number of anilines is 1. The van der Waals surface area contributed by atoms with Gasteiger partial charge in [0, 0.05) is 25.8 Å². The minimum atomic E-state index is 0.657. The fraction of sp³-hybridized carbons (Fsp3) is 0.385. The van der Waals surface area contributed by atoms with Crippen molar-refractivity contribution >= 4 is 5.69 Å². The summed E-state index contributed by atoms with van der Waals surface area (Å²) in [4.78, 5) is 0. The van der Waals surface area contributed by atoms with Crippen LogP contribution in [0.5, 0.6) is 0 Å². The van der Waals surface area contributed by atoms with Gasteiger partial charge in [-0.25, -0.2) is 0 Å². The molecule has 1 aromatic rings. The number of hydrogen-bond acceptors (Lipinski definition) is 2. The van der Waals surface area contributed by atoms with Crippen LogP contribution >= 0.6 is 0 Å². The molecule has 0 saturated carbocycles. The second kappa shape index (κ2) is 6.92. The highest BCUT2D eigenvalue weighted by molar-refractivity contribution is 5.45. The monoisotopic (exact) mass is 203 g/mol. The maximum absolute atomic E-state index is 5.08. The van der Waals surface area contributed by atoms with Gasteiger partial charge in [-0.3, -0.25) is 0 Å². The lowest BCUT2D eigenvalue weighted by Gasteiger charge is -2.06. The van der Waals surface area contributed by atoms with Gasteiger partial charge in [0.05, 0.1) is 6.61 Å². The highest BCUT2D eigenvalue weighted by atomic mass is 16.5. The third-order valence-corrected chi connectivity index (χ3v) is 1.99. The highest BCUT2D eigenvalue weighted by Crippen LogP contribution is 2.11. The van der Waals surface area contributed by atoms with E-state index in [-0.39, 0.29) is 0 Å². The van der Waals surface area contributed by atoms with Gasteiger partial charge in [0.25, 0.3) is 0 Å². The van der Waals surface area contributed by atoms with Crippen molar-refractivity contribution in [1.29, 1.82) is 0 Å². The van der Waals surface area contributed by atoms with Gasteiger partial charge < -0.3 is 10.1 Å². The van der Waals surface area contributed by atoms with E-state index in [1.54, 1.807) is 7.11 Å². The van der Waals surface area contributed by atoms with Gasteiger partial charge in [-0.1, -0.05) is 12.1 Å². The summed E-state index contributed by atoms with van der Waals surface area (Å²) in [5, 5.41) is 3.32. The molecule has 0 fully saturated rings. The van der Waals surface area contributed by atoms with Gasteiger partial charge in [-0.2, -0.15) is 0 Å². The molecule has 1 aromatic carbocycles. The molecule has 0 unspecified atom stereocenters. The van der Waals surface area contributed by atoms with Gasteiger partial charge in [-0.05, 0) is 24.6 Å². The molecule has 0 radical (unpaired) electrons. The molecule has 1 rings (SSSR count). The maximum atomic E-state index is 5.08. The Hall–Kier alpha value is -1.46. The highest BCUT2D eigenvalue weighted by Gasteiger charge is 1.94. The van der Waals surface area contributed by atoms with E-state index in [2.05, 4.69) is 35.4 Å². The van der Waals surface area contributed by atoms with E-state index in [9.17, 15) is 0 Å². The van der Waals surface area contributed by atoms with E-state index < -0.39 is 0 Å². The van der Waals surface area contributed by atoms with Crippen molar-refractivity contribution in [3.63, 3.8) is 0 Å². The normalized spacial score (nSPS) is 9.20. The third-order valence-electron chi connectivity index (χ3n) is 1.99. The average molecular weight is 203 g/mol. The molecule has 0 aliphatic carbocycles. The lowest BCUT2D eigenvalue weighted by Crippen LogP contribution is -2.00. The second-order valence-electron chi connectivity index (χ2n) is 3.24. The molecule has 0 heterocycles. The van der Waals surface area contributed by atoms with Crippen LogP contribution in [0.25, 0.3) is 0 Å². The number of ether oxygens (including phenoxy) is 1. The summed E-state index contributed by atoms with van der Waals surface area (Å²) >= 11 is 0. The minimum Gasteiger partial charge on any atom is -0.384 e. The van der Waals surface area contributed by atoms with E-state index in [1.165, 1.54) is 5.56 Å². The minimum absolute atomic E-state index is 0.657. The summed E-state index contributed by atoms with van der Waals surface area (Å²) in [5.74, 6) is 5.90. The Morgan fingerprint density at radius 1 is 1.40 bits per heavy atom. The number of benzene rings is 1. The van der Waals surface area contributed by atoms with Crippen molar-refractivity contribution in [2.24, 2.45) is 0 Å². The summed E-state index contributed by atoms with van der Waals surface area (Å²) in [6.45, 7) is 3.40. The van der Waals surface area contributed by atoms with E-state index >= 15 is 0 Å². The first-order valence-electron chi connectivity index (χ1n) is 5.08. The molecule has 2 heteroatoms. The van der Waals surface area contributed by atoms with Crippen LogP contribution in [0.4, 0.5) is 5.69 Å². The van der Waals surface area contributed by atoms with Crippen LogP contribution in [0.3, 0.4) is 0 Å². The molecule has 1 N–H and O–H groups in total. The third kappa shape index (κ3) is 4.53. The number of hydrogen-bond donors (Lipinski definition) is 1. The van der Waals surface area contributed by atoms with E-state index in [1.807, 2.05) is 13.0 Å². The number of rotatable bonds is 5. The lowest BCUT2D eigenvalue weighted by molar-refractivity contribution is 0.185. The fourth-order valence-electron chi connectivity index (χ4n) is 1.33. The molecule has 0 aromatic heterocycles. The van der Waals surface area contributed by atoms with Gasteiger partial charge in [0.1, 0.15) is 0 Å². The molecule has 0 bridgehead atoms. The summed E-state index contributed by atoms with van der Waals surface area (Å²) in [5.41, 5.74) is 2.31. The van der Waals surface area contributed by atoms with Crippen molar-refractivity contribution in [3.05, 3.63) is 29.8 Å².